The van der Waals surface area contributed by atoms with Gasteiger partial charge < -0.3 is 5.32 Å². The highest BCUT2D eigenvalue weighted by atomic mass is 35.5. The van der Waals surface area contributed by atoms with Crippen LogP contribution in [0.5, 0.6) is 0 Å². The second-order valence-electron chi connectivity index (χ2n) is 7.44. The number of piperidine rings is 1. The van der Waals surface area contributed by atoms with E-state index in [0.29, 0.717) is 0 Å². The van der Waals surface area contributed by atoms with Crippen molar-refractivity contribution in [2.45, 2.75) is 51.1 Å². The maximum absolute atomic E-state index is 12.9. The van der Waals surface area contributed by atoms with Crippen LogP contribution in [-0.4, -0.2) is 29.9 Å². The predicted octanol–water partition coefficient (Wildman–Crippen LogP) is 5.00. The fourth-order valence-corrected chi connectivity index (χ4v) is 3.93. The van der Waals surface area contributed by atoms with Crippen LogP contribution in [0.3, 0.4) is 0 Å². The Kier molecular flexibility index (Phi) is 7.31. The summed E-state index contributed by atoms with van der Waals surface area (Å²) in [6.45, 7) is 5.10. The quantitative estimate of drug-likeness (QED) is 0.728. The second kappa shape index (κ2) is 9.91. The molecule has 1 heterocycles. The highest BCUT2D eigenvalue weighted by Crippen LogP contribution is 2.23. The average Bonchev–Trinajstić information content (AvgIpc) is 2.70. The minimum atomic E-state index is -0.0386. The molecule has 1 aliphatic rings. The van der Waals surface area contributed by atoms with E-state index in [-0.39, 0.29) is 17.9 Å². The van der Waals surface area contributed by atoms with Crippen LogP contribution >= 0.6 is 11.6 Å². The van der Waals surface area contributed by atoms with Crippen LogP contribution in [0, 0.1) is 0 Å². The first-order chi connectivity index (χ1) is 13.2. The molecule has 1 saturated heterocycles. The van der Waals surface area contributed by atoms with Gasteiger partial charge in [-0.3, -0.25) is 9.69 Å². The van der Waals surface area contributed by atoms with Crippen LogP contribution in [0.1, 0.15) is 49.7 Å². The van der Waals surface area contributed by atoms with Gasteiger partial charge in [-0.1, -0.05) is 67.4 Å². The van der Waals surface area contributed by atoms with Crippen molar-refractivity contribution in [2.75, 3.05) is 13.1 Å². The van der Waals surface area contributed by atoms with Crippen LogP contribution < -0.4 is 5.32 Å². The standard InChI is InChI=1S/C23H29ClN2O/c1-2-6-22(19-7-4-3-5-8-19)23(27)25-21-13-15-26(16-14-21)17-18-9-11-20(24)12-10-18/h3-5,7-12,21-22H,2,6,13-17H2,1H3,(H,25,27). The second-order valence-corrected chi connectivity index (χ2v) is 7.87. The van der Waals surface area contributed by atoms with Gasteiger partial charge in [-0.15, -0.1) is 0 Å². The molecule has 0 aromatic heterocycles. The van der Waals surface area contributed by atoms with Crippen molar-refractivity contribution in [3.63, 3.8) is 0 Å². The van der Waals surface area contributed by atoms with E-state index in [2.05, 4.69) is 41.4 Å². The predicted molar refractivity (Wildman–Crippen MR) is 112 cm³/mol. The van der Waals surface area contributed by atoms with Crippen molar-refractivity contribution < 1.29 is 4.79 Å². The van der Waals surface area contributed by atoms with E-state index in [1.807, 2.05) is 30.3 Å². The lowest BCUT2D eigenvalue weighted by atomic mass is 9.92. The van der Waals surface area contributed by atoms with Gasteiger partial charge in [0.2, 0.25) is 5.91 Å². The minimum Gasteiger partial charge on any atom is -0.353 e. The Hall–Kier alpha value is -1.84. The number of carbonyl (C=O) groups is 1. The fourth-order valence-electron chi connectivity index (χ4n) is 3.81. The summed E-state index contributed by atoms with van der Waals surface area (Å²) in [5, 5.41) is 4.09. The van der Waals surface area contributed by atoms with Crippen LogP contribution in [0.4, 0.5) is 0 Å². The number of benzene rings is 2. The highest BCUT2D eigenvalue weighted by Gasteiger charge is 2.25. The summed E-state index contributed by atoms with van der Waals surface area (Å²) in [5.41, 5.74) is 2.41. The number of hydrogen-bond donors (Lipinski definition) is 1. The lowest BCUT2D eigenvalue weighted by Crippen LogP contribution is -2.45. The third-order valence-electron chi connectivity index (χ3n) is 5.35. The molecule has 0 aliphatic carbocycles. The van der Waals surface area contributed by atoms with Crippen molar-refractivity contribution in [1.29, 1.82) is 0 Å². The lowest BCUT2D eigenvalue weighted by Gasteiger charge is -2.33. The molecule has 0 radical (unpaired) electrons. The number of likely N-dealkylation sites (tertiary alicyclic amines) is 1. The number of nitrogens with one attached hydrogen (secondary N) is 1. The summed E-state index contributed by atoms with van der Waals surface area (Å²) in [4.78, 5) is 15.3. The Bertz CT molecular complexity index is 709. The summed E-state index contributed by atoms with van der Waals surface area (Å²) in [7, 11) is 0. The van der Waals surface area contributed by atoms with E-state index in [4.69, 9.17) is 11.6 Å². The smallest absolute Gasteiger partial charge is 0.227 e. The summed E-state index contributed by atoms with van der Waals surface area (Å²) >= 11 is 5.96. The van der Waals surface area contributed by atoms with Gasteiger partial charge in [0.15, 0.2) is 0 Å². The molecule has 1 atom stereocenters. The van der Waals surface area contributed by atoms with Gasteiger partial charge in [0.1, 0.15) is 0 Å². The van der Waals surface area contributed by atoms with Gasteiger partial charge >= 0.3 is 0 Å². The third-order valence-corrected chi connectivity index (χ3v) is 5.60. The average molecular weight is 385 g/mol. The van der Waals surface area contributed by atoms with Crippen LogP contribution in [0.15, 0.2) is 54.6 Å². The molecule has 0 spiro atoms. The largest absolute Gasteiger partial charge is 0.353 e. The molecule has 27 heavy (non-hydrogen) atoms. The zero-order valence-electron chi connectivity index (χ0n) is 16.0. The Balaban J connectivity index is 1.50. The molecule has 1 amide bonds. The Labute approximate surface area is 167 Å². The molecule has 1 fully saturated rings. The van der Waals surface area contributed by atoms with Gasteiger partial charge in [0, 0.05) is 30.7 Å². The minimum absolute atomic E-state index is 0.0386. The highest BCUT2D eigenvalue weighted by molar-refractivity contribution is 6.30. The Morgan fingerprint density at radius 2 is 1.78 bits per heavy atom. The van der Waals surface area contributed by atoms with Crippen LogP contribution in [0.2, 0.25) is 5.02 Å². The molecule has 4 heteroatoms. The van der Waals surface area contributed by atoms with E-state index >= 15 is 0 Å². The molecule has 1 N–H and O–H groups in total. The summed E-state index contributed by atoms with van der Waals surface area (Å²) in [5.74, 6) is 0.141. The van der Waals surface area contributed by atoms with E-state index in [1.165, 1.54) is 5.56 Å². The molecule has 0 saturated carbocycles. The monoisotopic (exact) mass is 384 g/mol. The molecule has 1 unspecified atom stereocenters. The first-order valence-electron chi connectivity index (χ1n) is 9.98. The zero-order valence-corrected chi connectivity index (χ0v) is 16.8. The molecule has 0 bridgehead atoms. The molecule has 2 aromatic carbocycles. The van der Waals surface area contributed by atoms with E-state index < -0.39 is 0 Å². The molecule has 3 rings (SSSR count). The molecule has 3 nitrogen and oxygen atoms in total. The van der Waals surface area contributed by atoms with Gasteiger partial charge in [-0.05, 0) is 42.5 Å². The first-order valence-corrected chi connectivity index (χ1v) is 10.4. The number of halogens is 1. The maximum atomic E-state index is 12.9. The number of nitrogens with zero attached hydrogens (tertiary/aromatic N) is 1. The molecular formula is C23H29ClN2O. The van der Waals surface area contributed by atoms with Gasteiger partial charge in [-0.25, -0.2) is 0 Å². The van der Waals surface area contributed by atoms with Gasteiger partial charge in [-0.2, -0.15) is 0 Å². The summed E-state index contributed by atoms with van der Waals surface area (Å²) in [6, 6.07) is 18.5. The molecule has 2 aromatic rings. The topological polar surface area (TPSA) is 32.3 Å². The Morgan fingerprint density at radius 3 is 2.41 bits per heavy atom. The first kappa shape index (κ1) is 19.9. The van der Waals surface area contributed by atoms with Gasteiger partial charge in [0.05, 0.1) is 5.92 Å². The molecular weight excluding hydrogens is 356 g/mol. The molecule has 1 aliphatic heterocycles. The van der Waals surface area contributed by atoms with Crippen LogP contribution in [0.25, 0.3) is 0 Å². The van der Waals surface area contributed by atoms with E-state index in [9.17, 15) is 4.79 Å². The summed E-state index contributed by atoms with van der Waals surface area (Å²) < 4.78 is 0. The number of amides is 1. The summed E-state index contributed by atoms with van der Waals surface area (Å²) in [6.07, 6.45) is 3.91. The fraction of sp³-hybridized carbons (Fsp3) is 0.435. The Morgan fingerprint density at radius 1 is 1.11 bits per heavy atom. The van der Waals surface area contributed by atoms with Crippen molar-refractivity contribution in [2.24, 2.45) is 0 Å². The maximum Gasteiger partial charge on any atom is 0.227 e. The van der Waals surface area contributed by atoms with Crippen molar-refractivity contribution in [1.82, 2.24) is 10.2 Å². The number of carbonyl (C=O) groups excluding carboxylic acids is 1. The van der Waals surface area contributed by atoms with Crippen LogP contribution in [-0.2, 0) is 11.3 Å². The van der Waals surface area contributed by atoms with Crippen molar-refractivity contribution in [3.8, 4) is 0 Å². The van der Waals surface area contributed by atoms with E-state index in [1.54, 1.807) is 0 Å². The third kappa shape index (κ3) is 5.82. The SMILES string of the molecule is CCCC(C(=O)NC1CCN(Cc2ccc(Cl)cc2)CC1)c1ccccc1. The molecule has 144 valence electrons. The number of rotatable bonds is 7. The van der Waals surface area contributed by atoms with Gasteiger partial charge in [0.25, 0.3) is 0 Å². The van der Waals surface area contributed by atoms with E-state index in [0.717, 1.165) is 55.9 Å². The zero-order chi connectivity index (χ0) is 19.1. The van der Waals surface area contributed by atoms with Crippen molar-refractivity contribution in [3.05, 3.63) is 70.7 Å². The van der Waals surface area contributed by atoms with Crippen molar-refractivity contribution >= 4 is 17.5 Å². The normalized spacial score (nSPS) is 16.8. The number of hydrogen-bond acceptors (Lipinski definition) is 2. The lowest BCUT2D eigenvalue weighted by molar-refractivity contribution is -0.123.